The second-order valence-corrected chi connectivity index (χ2v) is 11.0. The SMILES string of the molecule is C=CCC1(C)CC(c2cccc(Cl)c2)C(c2ccc(Cl)cc2)N(C(c2ccccn2)C2CC2)C1=O. The number of allylic oxidation sites excluding steroid dienone is 1. The highest BCUT2D eigenvalue weighted by Crippen LogP contribution is 2.57. The number of amides is 1. The second kappa shape index (κ2) is 9.79. The Morgan fingerprint density at radius 1 is 1.06 bits per heavy atom. The molecule has 1 aliphatic heterocycles. The molecule has 3 nitrogen and oxygen atoms in total. The van der Waals surface area contributed by atoms with Crippen LogP contribution in [-0.4, -0.2) is 15.8 Å². The molecular weight excluding hydrogens is 475 g/mol. The van der Waals surface area contributed by atoms with E-state index in [0.717, 1.165) is 29.7 Å². The minimum Gasteiger partial charge on any atom is -0.326 e. The van der Waals surface area contributed by atoms with Crippen LogP contribution in [0.25, 0.3) is 0 Å². The third-order valence-corrected chi connectivity index (χ3v) is 8.03. The average Bonchev–Trinajstić information content (AvgIpc) is 3.69. The lowest BCUT2D eigenvalue weighted by Crippen LogP contribution is -2.53. The third kappa shape index (κ3) is 4.77. The number of rotatable bonds is 7. The van der Waals surface area contributed by atoms with Crippen LogP contribution >= 0.6 is 23.2 Å². The fourth-order valence-electron chi connectivity index (χ4n) is 5.77. The Kier molecular flexibility index (Phi) is 6.74. The number of hydrogen-bond acceptors (Lipinski definition) is 2. The van der Waals surface area contributed by atoms with Crippen LogP contribution in [0.1, 0.15) is 67.4 Å². The van der Waals surface area contributed by atoms with E-state index in [2.05, 4.69) is 42.7 Å². The first-order valence-corrected chi connectivity index (χ1v) is 13.0. The topological polar surface area (TPSA) is 33.2 Å². The Bertz CT molecular complexity index is 1210. The van der Waals surface area contributed by atoms with Gasteiger partial charge in [-0.15, -0.1) is 6.58 Å². The van der Waals surface area contributed by atoms with Crippen molar-refractivity contribution in [3.63, 3.8) is 0 Å². The van der Waals surface area contributed by atoms with Crippen molar-refractivity contribution in [2.24, 2.45) is 11.3 Å². The lowest BCUT2D eigenvalue weighted by Gasteiger charge is -2.52. The van der Waals surface area contributed by atoms with E-state index in [-0.39, 0.29) is 23.9 Å². The van der Waals surface area contributed by atoms with Crippen LogP contribution in [0.15, 0.2) is 85.6 Å². The molecule has 0 bridgehead atoms. The molecule has 1 aromatic heterocycles. The van der Waals surface area contributed by atoms with Crippen LogP contribution in [0.5, 0.6) is 0 Å². The summed E-state index contributed by atoms with van der Waals surface area (Å²) in [7, 11) is 0. The van der Waals surface area contributed by atoms with Crippen LogP contribution in [0.4, 0.5) is 0 Å². The summed E-state index contributed by atoms with van der Waals surface area (Å²) in [5, 5.41) is 1.39. The maximum absolute atomic E-state index is 14.5. The van der Waals surface area contributed by atoms with Crippen LogP contribution in [0.3, 0.4) is 0 Å². The number of carbonyl (C=O) groups is 1. The highest BCUT2D eigenvalue weighted by atomic mass is 35.5. The maximum atomic E-state index is 14.5. The Morgan fingerprint density at radius 2 is 1.83 bits per heavy atom. The second-order valence-electron chi connectivity index (χ2n) is 10.2. The van der Waals surface area contributed by atoms with Gasteiger partial charge in [-0.25, -0.2) is 0 Å². The summed E-state index contributed by atoms with van der Waals surface area (Å²) in [6.45, 7) is 6.08. The molecule has 35 heavy (non-hydrogen) atoms. The van der Waals surface area contributed by atoms with Crippen molar-refractivity contribution in [2.45, 2.75) is 50.6 Å². The average molecular weight is 505 g/mol. The van der Waals surface area contributed by atoms with Gasteiger partial charge in [-0.05, 0) is 79.1 Å². The molecule has 0 spiro atoms. The Balaban J connectivity index is 1.72. The van der Waals surface area contributed by atoms with Crippen LogP contribution in [0.2, 0.25) is 10.0 Å². The Morgan fingerprint density at radius 3 is 2.46 bits per heavy atom. The maximum Gasteiger partial charge on any atom is 0.229 e. The monoisotopic (exact) mass is 504 g/mol. The minimum atomic E-state index is -0.570. The standard InChI is InChI=1S/C30H30Cl2N2O/c1-3-16-30(2)19-25(22-7-6-8-24(32)18-22)27(20-12-14-23(31)15-13-20)34(29(30)35)28(21-10-11-21)26-9-4-5-17-33-26/h3-9,12-15,17-18,21,25,27-28H,1,10-11,16,19H2,2H3. The van der Waals surface area contributed by atoms with Crippen molar-refractivity contribution < 1.29 is 4.79 Å². The molecule has 1 aliphatic carbocycles. The number of benzene rings is 2. The highest BCUT2D eigenvalue weighted by molar-refractivity contribution is 6.30. The highest BCUT2D eigenvalue weighted by Gasteiger charge is 2.54. The summed E-state index contributed by atoms with van der Waals surface area (Å²) < 4.78 is 0. The van der Waals surface area contributed by atoms with E-state index in [1.807, 2.05) is 54.7 Å². The van der Waals surface area contributed by atoms with Crippen molar-refractivity contribution in [1.29, 1.82) is 0 Å². The minimum absolute atomic E-state index is 0.0579. The van der Waals surface area contributed by atoms with E-state index in [4.69, 9.17) is 28.2 Å². The molecular formula is C30H30Cl2N2O. The zero-order valence-corrected chi connectivity index (χ0v) is 21.4. The summed E-state index contributed by atoms with van der Waals surface area (Å²) in [6, 6.07) is 21.8. The lowest BCUT2D eigenvalue weighted by molar-refractivity contribution is -0.155. The van der Waals surface area contributed by atoms with Crippen molar-refractivity contribution in [2.75, 3.05) is 0 Å². The van der Waals surface area contributed by atoms with Gasteiger partial charge in [0.1, 0.15) is 0 Å². The van der Waals surface area contributed by atoms with Gasteiger partial charge >= 0.3 is 0 Å². The molecule has 5 heteroatoms. The van der Waals surface area contributed by atoms with Gasteiger partial charge in [-0.1, -0.05) is 66.5 Å². The molecule has 4 unspecified atom stereocenters. The van der Waals surface area contributed by atoms with Crippen molar-refractivity contribution >= 4 is 29.1 Å². The van der Waals surface area contributed by atoms with Crippen molar-refractivity contribution in [3.05, 3.63) is 112 Å². The summed E-state index contributed by atoms with van der Waals surface area (Å²) in [5.74, 6) is 0.621. The number of nitrogens with zero attached hydrogens (tertiary/aromatic N) is 2. The zero-order valence-electron chi connectivity index (χ0n) is 19.9. The predicted molar refractivity (Wildman–Crippen MR) is 142 cm³/mol. The molecule has 1 saturated carbocycles. The first-order valence-electron chi connectivity index (χ1n) is 12.3. The molecule has 2 fully saturated rings. The number of piperidine rings is 1. The fraction of sp³-hybridized carbons (Fsp3) is 0.333. The fourth-order valence-corrected chi connectivity index (χ4v) is 6.09. The number of carbonyl (C=O) groups excluding carboxylic acids is 1. The number of likely N-dealkylation sites (tertiary alicyclic amines) is 1. The van der Waals surface area contributed by atoms with E-state index in [0.29, 0.717) is 28.8 Å². The van der Waals surface area contributed by atoms with Crippen molar-refractivity contribution in [3.8, 4) is 0 Å². The summed E-state index contributed by atoms with van der Waals surface area (Å²) in [5.41, 5.74) is 2.60. The van der Waals surface area contributed by atoms with Gasteiger partial charge in [-0.3, -0.25) is 9.78 Å². The van der Waals surface area contributed by atoms with Gasteiger partial charge in [0.05, 0.1) is 23.2 Å². The van der Waals surface area contributed by atoms with Gasteiger partial charge < -0.3 is 4.90 Å². The molecule has 180 valence electrons. The zero-order chi connectivity index (χ0) is 24.6. The molecule has 3 aromatic rings. The van der Waals surface area contributed by atoms with Gasteiger partial charge in [0.15, 0.2) is 0 Å². The number of halogens is 2. The molecule has 1 saturated heterocycles. The van der Waals surface area contributed by atoms with E-state index < -0.39 is 5.41 Å². The predicted octanol–water partition coefficient (Wildman–Crippen LogP) is 8.18. The first kappa shape index (κ1) is 24.1. The lowest BCUT2D eigenvalue weighted by atomic mass is 9.67. The third-order valence-electron chi connectivity index (χ3n) is 7.54. The van der Waals surface area contributed by atoms with E-state index in [1.165, 1.54) is 0 Å². The van der Waals surface area contributed by atoms with E-state index in [1.54, 1.807) is 0 Å². The van der Waals surface area contributed by atoms with Gasteiger partial charge in [0, 0.05) is 22.2 Å². The van der Waals surface area contributed by atoms with Gasteiger partial charge in [-0.2, -0.15) is 0 Å². The normalized spacial score (nSPS) is 25.3. The molecule has 4 atom stereocenters. The summed E-state index contributed by atoms with van der Waals surface area (Å²) in [6.07, 6.45) is 7.22. The van der Waals surface area contributed by atoms with Crippen LogP contribution in [0, 0.1) is 11.3 Å². The smallest absolute Gasteiger partial charge is 0.229 e. The molecule has 2 aromatic carbocycles. The molecule has 2 aliphatic rings. The summed E-state index contributed by atoms with van der Waals surface area (Å²) in [4.78, 5) is 21.4. The first-order chi connectivity index (χ1) is 16.9. The Labute approximate surface area is 217 Å². The molecule has 0 radical (unpaired) electrons. The molecule has 1 amide bonds. The van der Waals surface area contributed by atoms with Crippen LogP contribution < -0.4 is 0 Å². The summed E-state index contributed by atoms with van der Waals surface area (Å²) >= 11 is 12.7. The number of aromatic nitrogens is 1. The molecule has 5 rings (SSSR count). The van der Waals surface area contributed by atoms with E-state index in [9.17, 15) is 4.79 Å². The Hall–Kier alpha value is -2.62. The van der Waals surface area contributed by atoms with E-state index >= 15 is 0 Å². The van der Waals surface area contributed by atoms with Gasteiger partial charge in [0.25, 0.3) is 0 Å². The quantitative estimate of drug-likeness (QED) is 0.304. The van der Waals surface area contributed by atoms with Crippen molar-refractivity contribution in [1.82, 2.24) is 9.88 Å². The van der Waals surface area contributed by atoms with Gasteiger partial charge in [0.2, 0.25) is 5.91 Å². The number of hydrogen-bond donors (Lipinski definition) is 0. The molecule has 2 heterocycles. The molecule has 0 N–H and O–H groups in total. The van der Waals surface area contributed by atoms with Crippen LogP contribution in [-0.2, 0) is 4.79 Å². The number of pyridine rings is 1. The largest absolute Gasteiger partial charge is 0.326 e.